The van der Waals surface area contributed by atoms with E-state index in [0.29, 0.717) is 6.08 Å². The molecule has 0 bridgehead atoms. The number of carboxylic acid groups (broad SMARTS) is 1. The Kier molecular flexibility index (Phi) is 6.34. The largest absolute Gasteiger partial charge is 0.478 e. The number of rotatable bonds is 6. The van der Waals surface area contributed by atoms with E-state index >= 15 is 0 Å². The molecule has 0 fully saturated rings. The average Bonchev–Trinajstić information content (AvgIpc) is 2.14. The predicted molar refractivity (Wildman–Crippen MR) is 47.5 cm³/mol. The Bertz CT molecular complexity index is 220. The standard InChI is InChI=1S/C8H13NO5/c10-5-3-9(4-6-11)7(12)1-2-8(13)14/h1-2,10-11H,3-6H2,(H,13,14)/b2-1-. The number of hydrogen-bond donors (Lipinski definition) is 3. The van der Waals surface area contributed by atoms with Gasteiger partial charge in [0.1, 0.15) is 0 Å². The molecular weight excluding hydrogens is 190 g/mol. The molecule has 0 heterocycles. The van der Waals surface area contributed by atoms with Crippen LogP contribution in [0, 0.1) is 0 Å². The summed E-state index contributed by atoms with van der Waals surface area (Å²) in [5.41, 5.74) is 0. The van der Waals surface area contributed by atoms with Crippen LogP contribution in [0.15, 0.2) is 12.2 Å². The summed E-state index contributed by atoms with van der Waals surface area (Å²) in [6, 6.07) is 0. The smallest absolute Gasteiger partial charge is 0.328 e. The maximum atomic E-state index is 11.2. The van der Waals surface area contributed by atoms with Crippen molar-refractivity contribution in [3.63, 3.8) is 0 Å². The highest BCUT2D eigenvalue weighted by molar-refractivity contribution is 5.93. The Hall–Kier alpha value is -1.40. The second-order valence-electron chi connectivity index (χ2n) is 2.44. The Morgan fingerprint density at radius 1 is 1.07 bits per heavy atom. The normalized spacial score (nSPS) is 10.4. The molecule has 6 heteroatoms. The summed E-state index contributed by atoms with van der Waals surface area (Å²) < 4.78 is 0. The summed E-state index contributed by atoms with van der Waals surface area (Å²) in [6.07, 6.45) is 1.59. The van der Waals surface area contributed by atoms with Crippen LogP contribution in [0.3, 0.4) is 0 Å². The van der Waals surface area contributed by atoms with Crippen LogP contribution >= 0.6 is 0 Å². The van der Waals surface area contributed by atoms with E-state index in [-0.39, 0.29) is 26.3 Å². The second-order valence-corrected chi connectivity index (χ2v) is 2.44. The van der Waals surface area contributed by atoms with E-state index in [0.717, 1.165) is 11.0 Å². The zero-order valence-corrected chi connectivity index (χ0v) is 7.59. The summed E-state index contributed by atoms with van der Waals surface area (Å²) in [7, 11) is 0. The first-order valence-corrected chi connectivity index (χ1v) is 4.03. The number of nitrogens with zero attached hydrogens (tertiary/aromatic N) is 1. The van der Waals surface area contributed by atoms with Gasteiger partial charge in [-0.15, -0.1) is 0 Å². The van der Waals surface area contributed by atoms with Crippen molar-refractivity contribution >= 4 is 11.9 Å². The highest BCUT2D eigenvalue weighted by atomic mass is 16.4. The van der Waals surface area contributed by atoms with Gasteiger partial charge < -0.3 is 20.2 Å². The van der Waals surface area contributed by atoms with Gasteiger partial charge in [0.05, 0.1) is 13.2 Å². The van der Waals surface area contributed by atoms with Crippen molar-refractivity contribution in [2.75, 3.05) is 26.3 Å². The number of carbonyl (C=O) groups is 2. The second kappa shape index (κ2) is 7.05. The Morgan fingerprint density at radius 3 is 1.93 bits per heavy atom. The summed E-state index contributed by atoms with van der Waals surface area (Å²) in [5.74, 6) is -1.76. The SMILES string of the molecule is O=C(O)/C=C\C(=O)N(CCO)CCO. The van der Waals surface area contributed by atoms with Crippen LogP contribution in [0.25, 0.3) is 0 Å². The first-order chi connectivity index (χ1) is 6.61. The van der Waals surface area contributed by atoms with E-state index in [1.807, 2.05) is 0 Å². The third-order valence-corrected chi connectivity index (χ3v) is 1.42. The molecule has 0 saturated heterocycles. The molecule has 0 aliphatic rings. The summed E-state index contributed by atoms with van der Waals surface area (Å²) in [5, 5.41) is 25.4. The zero-order chi connectivity index (χ0) is 11.0. The molecular formula is C8H13NO5. The fourth-order valence-corrected chi connectivity index (χ4v) is 0.822. The van der Waals surface area contributed by atoms with Crippen molar-refractivity contribution in [2.45, 2.75) is 0 Å². The number of carboxylic acids is 1. The van der Waals surface area contributed by atoms with Crippen molar-refractivity contribution in [1.82, 2.24) is 4.90 Å². The number of amides is 1. The molecule has 6 nitrogen and oxygen atoms in total. The molecule has 0 aromatic rings. The topological polar surface area (TPSA) is 98.1 Å². The third-order valence-electron chi connectivity index (χ3n) is 1.42. The number of carbonyl (C=O) groups excluding carboxylic acids is 1. The molecule has 1 amide bonds. The van der Waals surface area contributed by atoms with Crippen molar-refractivity contribution in [2.24, 2.45) is 0 Å². The number of aliphatic hydroxyl groups is 2. The summed E-state index contributed by atoms with van der Waals surface area (Å²) in [6.45, 7) is -0.313. The monoisotopic (exact) mass is 203 g/mol. The van der Waals surface area contributed by atoms with Gasteiger partial charge in [-0.1, -0.05) is 0 Å². The van der Waals surface area contributed by atoms with Crippen LogP contribution in [0.1, 0.15) is 0 Å². The maximum Gasteiger partial charge on any atom is 0.328 e. The van der Waals surface area contributed by atoms with Crippen LogP contribution in [-0.2, 0) is 9.59 Å². The Balaban J connectivity index is 4.20. The third kappa shape index (κ3) is 5.28. The van der Waals surface area contributed by atoms with Gasteiger partial charge in [0, 0.05) is 25.2 Å². The van der Waals surface area contributed by atoms with Gasteiger partial charge in [-0.05, 0) is 0 Å². The van der Waals surface area contributed by atoms with Gasteiger partial charge in [0.25, 0.3) is 0 Å². The number of aliphatic hydroxyl groups excluding tert-OH is 2. The minimum absolute atomic E-state index is 0.0728. The van der Waals surface area contributed by atoms with Crippen LogP contribution < -0.4 is 0 Å². The molecule has 0 aromatic carbocycles. The minimum Gasteiger partial charge on any atom is -0.478 e. The van der Waals surface area contributed by atoms with Crippen LogP contribution in [0.2, 0.25) is 0 Å². The van der Waals surface area contributed by atoms with E-state index in [2.05, 4.69) is 0 Å². The van der Waals surface area contributed by atoms with Crippen LogP contribution in [-0.4, -0.2) is 58.4 Å². The van der Waals surface area contributed by atoms with Crippen LogP contribution in [0.5, 0.6) is 0 Å². The molecule has 0 radical (unpaired) electrons. The number of aliphatic carboxylic acids is 1. The molecule has 14 heavy (non-hydrogen) atoms. The zero-order valence-electron chi connectivity index (χ0n) is 7.59. The molecule has 0 aliphatic heterocycles. The fourth-order valence-electron chi connectivity index (χ4n) is 0.822. The maximum absolute atomic E-state index is 11.2. The van der Waals surface area contributed by atoms with Gasteiger partial charge in [0.2, 0.25) is 5.91 Å². The van der Waals surface area contributed by atoms with E-state index < -0.39 is 11.9 Å². The molecule has 0 aromatic heterocycles. The first kappa shape index (κ1) is 12.6. The first-order valence-electron chi connectivity index (χ1n) is 4.03. The van der Waals surface area contributed by atoms with E-state index in [4.69, 9.17) is 15.3 Å². The average molecular weight is 203 g/mol. The molecule has 0 aliphatic carbocycles. The minimum atomic E-state index is -1.22. The van der Waals surface area contributed by atoms with Crippen LogP contribution in [0.4, 0.5) is 0 Å². The highest BCUT2D eigenvalue weighted by Crippen LogP contribution is 1.90. The molecule has 0 rings (SSSR count). The molecule has 0 unspecified atom stereocenters. The van der Waals surface area contributed by atoms with Gasteiger partial charge >= 0.3 is 5.97 Å². The molecule has 3 N–H and O–H groups in total. The lowest BCUT2D eigenvalue weighted by Gasteiger charge is -2.18. The highest BCUT2D eigenvalue weighted by Gasteiger charge is 2.08. The van der Waals surface area contributed by atoms with Gasteiger partial charge in [-0.3, -0.25) is 4.79 Å². The lowest BCUT2D eigenvalue weighted by Crippen LogP contribution is -2.34. The van der Waals surface area contributed by atoms with E-state index in [1.165, 1.54) is 0 Å². The molecule has 0 spiro atoms. The predicted octanol–water partition coefficient (Wildman–Crippen LogP) is -1.56. The van der Waals surface area contributed by atoms with Crippen molar-refractivity contribution in [3.8, 4) is 0 Å². The van der Waals surface area contributed by atoms with Crippen molar-refractivity contribution < 1.29 is 24.9 Å². The van der Waals surface area contributed by atoms with E-state index in [9.17, 15) is 9.59 Å². The summed E-state index contributed by atoms with van der Waals surface area (Å²) >= 11 is 0. The van der Waals surface area contributed by atoms with Gasteiger partial charge in [-0.2, -0.15) is 0 Å². The Morgan fingerprint density at radius 2 is 1.57 bits per heavy atom. The quantitative estimate of drug-likeness (QED) is 0.453. The summed E-state index contributed by atoms with van der Waals surface area (Å²) in [4.78, 5) is 22.4. The number of hydrogen-bond acceptors (Lipinski definition) is 4. The Labute approximate surface area is 81.1 Å². The molecule has 80 valence electrons. The fraction of sp³-hybridized carbons (Fsp3) is 0.500. The van der Waals surface area contributed by atoms with E-state index in [1.54, 1.807) is 0 Å². The van der Waals surface area contributed by atoms with Crippen molar-refractivity contribution in [1.29, 1.82) is 0 Å². The van der Waals surface area contributed by atoms with Crippen molar-refractivity contribution in [3.05, 3.63) is 12.2 Å². The molecule has 0 saturated carbocycles. The lowest BCUT2D eigenvalue weighted by atomic mass is 10.4. The van der Waals surface area contributed by atoms with Gasteiger partial charge in [0.15, 0.2) is 0 Å². The lowest BCUT2D eigenvalue weighted by molar-refractivity contribution is -0.132. The molecule has 0 atom stereocenters. The van der Waals surface area contributed by atoms with Gasteiger partial charge in [-0.25, -0.2) is 4.79 Å².